The Bertz CT molecular complexity index is 946. The first-order valence-corrected chi connectivity index (χ1v) is 9.55. The van der Waals surface area contributed by atoms with Crippen molar-refractivity contribution in [3.8, 4) is 0 Å². The summed E-state index contributed by atoms with van der Waals surface area (Å²) in [5.41, 5.74) is 2.57. The Morgan fingerprint density at radius 1 is 1.15 bits per heavy atom. The largest absolute Gasteiger partial charge is 0.462 e. The molecule has 1 heterocycles. The molecular weight excluding hydrogens is 430 g/mol. The Morgan fingerprint density at radius 3 is 2.37 bits per heavy atom. The van der Waals surface area contributed by atoms with E-state index in [9.17, 15) is 9.59 Å². The molecule has 1 aliphatic rings. The van der Waals surface area contributed by atoms with Crippen LogP contribution in [0.2, 0.25) is 5.02 Å². The fourth-order valence-electron chi connectivity index (χ4n) is 2.91. The SMILES string of the molecule is CCOC(=O)C1=C(C)N(c2ccc(Cl)cc2)C(=O)/C1=C\c1ccc(Br)cc1. The molecule has 0 fully saturated rings. The molecule has 0 saturated heterocycles. The maximum absolute atomic E-state index is 13.2. The van der Waals surface area contributed by atoms with Gasteiger partial charge in [0.05, 0.1) is 17.8 Å². The van der Waals surface area contributed by atoms with Gasteiger partial charge in [-0.2, -0.15) is 0 Å². The summed E-state index contributed by atoms with van der Waals surface area (Å²) in [4.78, 5) is 27.2. The van der Waals surface area contributed by atoms with Crippen molar-refractivity contribution in [2.75, 3.05) is 11.5 Å². The second-order valence-electron chi connectivity index (χ2n) is 5.91. The number of carbonyl (C=O) groups is 2. The van der Waals surface area contributed by atoms with Crippen molar-refractivity contribution in [2.45, 2.75) is 13.8 Å². The number of amides is 1. The van der Waals surface area contributed by atoms with E-state index in [1.165, 1.54) is 4.90 Å². The maximum atomic E-state index is 13.2. The molecule has 138 valence electrons. The smallest absolute Gasteiger partial charge is 0.340 e. The van der Waals surface area contributed by atoms with Gasteiger partial charge < -0.3 is 4.74 Å². The van der Waals surface area contributed by atoms with Crippen LogP contribution < -0.4 is 4.90 Å². The number of hydrogen-bond donors (Lipinski definition) is 0. The number of allylic oxidation sites excluding steroid dienone is 1. The maximum Gasteiger partial charge on any atom is 0.340 e. The minimum absolute atomic E-state index is 0.232. The van der Waals surface area contributed by atoms with Gasteiger partial charge in [-0.1, -0.05) is 39.7 Å². The third-order valence-corrected chi connectivity index (χ3v) is 4.93. The van der Waals surface area contributed by atoms with Crippen LogP contribution >= 0.6 is 27.5 Å². The average molecular weight is 447 g/mol. The van der Waals surface area contributed by atoms with E-state index in [1.807, 2.05) is 24.3 Å². The van der Waals surface area contributed by atoms with Crippen LogP contribution in [0.4, 0.5) is 5.69 Å². The molecule has 0 bridgehead atoms. The van der Waals surface area contributed by atoms with Crippen LogP contribution in [0.25, 0.3) is 6.08 Å². The fraction of sp³-hybridized carbons (Fsp3) is 0.143. The Morgan fingerprint density at radius 2 is 1.78 bits per heavy atom. The van der Waals surface area contributed by atoms with Crippen molar-refractivity contribution in [3.63, 3.8) is 0 Å². The van der Waals surface area contributed by atoms with Crippen LogP contribution in [0.1, 0.15) is 19.4 Å². The van der Waals surface area contributed by atoms with Gasteiger partial charge in [0.25, 0.3) is 5.91 Å². The zero-order chi connectivity index (χ0) is 19.6. The van der Waals surface area contributed by atoms with Crippen molar-refractivity contribution < 1.29 is 14.3 Å². The third kappa shape index (κ3) is 3.99. The fourth-order valence-corrected chi connectivity index (χ4v) is 3.30. The van der Waals surface area contributed by atoms with Gasteiger partial charge in [0.2, 0.25) is 0 Å². The second kappa shape index (κ2) is 8.11. The molecule has 27 heavy (non-hydrogen) atoms. The highest BCUT2D eigenvalue weighted by molar-refractivity contribution is 9.10. The number of rotatable bonds is 4. The number of benzene rings is 2. The van der Waals surface area contributed by atoms with E-state index < -0.39 is 5.97 Å². The summed E-state index contributed by atoms with van der Waals surface area (Å²) in [6, 6.07) is 14.4. The van der Waals surface area contributed by atoms with Crippen molar-refractivity contribution >= 4 is 51.2 Å². The molecule has 6 heteroatoms. The van der Waals surface area contributed by atoms with Crippen molar-refractivity contribution in [2.24, 2.45) is 0 Å². The lowest BCUT2D eigenvalue weighted by Crippen LogP contribution is -2.24. The predicted molar refractivity (Wildman–Crippen MR) is 110 cm³/mol. The van der Waals surface area contributed by atoms with E-state index >= 15 is 0 Å². The number of hydrogen-bond acceptors (Lipinski definition) is 3. The molecule has 0 spiro atoms. The van der Waals surface area contributed by atoms with Crippen molar-refractivity contribution in [3.05, 3.63) is 80.4 Å². The predicted octanol–water partition coefficient (Wildman–Crippen LogP) is 5.37. The summed E-state index contributed by atoms with van der Waals surface area (Å²) in [6.07, 6.45) is 1.71. The van der Waals surface area contributed by atoms with E-state index in [4.69, 9.17) is 16.3 Å². The first-order chi connectivity index (χ1) is 12.9. The van der Waals surface area contributed by atoms with E-state index in [0.29, 0.717) is 22.0 Å². The molecule has 0 aromatic heterocycles. The lowest BCUT2D eigenvalue weighted by molar-refractivity contribution is -0.138. The number of esters is 1. The highest BCUT2D eigenvalue weighted by Crippen LogP contribution is 2.36. The standard InChI is InChI=1S/C21H17BrClNO3/c1-3-27-21(26)19-13(2)24(17-10-8-16(23)9-11-17)20(25)18(19)12-14-4-6-15(22)7-5-14/h4-12H,3H2,1-2H3/b18-12-. The molecule has 2 aromatic rings. The van der Waals surface area contributed by atoms with Gasteiger partial charge in [0.15, 0.2) is 0 Å². The molecule has 1 aliphatic heterocycles. The summed E-state index contributed by atoms with van der Waals surface area (Å²) >= 11 is 9.35. The second-order valence-corrected chi connectivity index (χ2v) is 7.26. The lowest BCUT2D eigenvalue weighted by Gasteiger charge is -2.17. The van der Waals surface area contributed by atoms with Crippen LogP contribution in [0.5, 0.6) is 0 Å². The molecule has 4 nitrogen and oxygen atoms in total. The van der Waals surface area contributed by atoms with Crippen LogP contribution in [0.15, 0.2) is 69.8 Å². The number of halogens is 2. The highest BCUT2D eigenvalue weighted by atomic mass is 79.9. The van der Waals surface area contributed by atoms with Gasteiger partial charge in [0.1, 0.15) is 0 Å². The number of carbonyl (C=O) groups excluding carboxylic acids is 2. The summed E-state index contributed by atoms with van der Waals surface area (Å²) < 4.78 is 6.12. The molecule has 2 aromatic carbocycles. The molecule has 0 aliphatic carbocycles. The zero-order valence-electron chi connectivity index (χ0n) is 14.8. The van der Waals surface area contributed by atoms with Crippen LogP contribution in [-0.4, -0.2) is 18.5 Å². The summed E-state index contributed by atoms with van der Waals surface area (Å²) in [6.45, 7) is 3.71. The molecule has 1 amide bonds. The Kier molecular flexibility index (Phi) is 5.82. The van der Waals surface area contributed by atoms with Crippen LogP contribution in [-0.2, 0) is 14.3 Å². The normalized spacial score (nSPS) is 15.6. The van der Waals surface area contributed by atoms with Gasteiger partial charge in [0, 0.05) is 20.9 Å². The Labute approximate surface area is 171 Å². The molecule has 0 N–H and O–H groups in total. The third-order valence-electron chi connectivity index (χ3n) is 4.15. The van der Waals surface area contributed by atoms with E-state index in [-0.39, 0.29) is 18.1 Å². The molecule has 0 unspecified atom stereocenters. The van der Waals surface area contributed by atoms with Gasteiger partial charge in [-0.3, -0.25) is 9.69 Å². The molecule has 0 radical (unpaired) electrons. The Hall–Kier alpha value is -2.37. The molecule has 0 atom stereocenters. The molecule has 3 rings (SSSR count). The summed E-state index contributed by atoms with van der Waals surface area (Å²) in [5.74, 6) is -0.788. The van der Waals surface area contributed by atoms with Gasteiger partial charge >= 0.3 is 5.97 Å². The lowest BCUT2D eigenvalue weighted by atomic mass is 10.0. The van der Waals surface area contributed by atoms with E-state index in [2.05, 4.69) is 15.9 Å². The summed E-state index contributed by atoms with van der Waals surface area (Å²) in [7, 11) is 0. The number of nitrogens with zero attached hydrogens (tertiary/aromatic N) is 1. The minimum atomic E-state index is -0.511. The van der Waals surface area contributed by atoms with Crippen molar-refractivity contribution in [1.29, 1.82) is 0 Å². The first kappa shape index (κ1) is 19.4. The first-order valence-electron chi connectivity index (χ1n) is 8.38. The highest BCUT2D eigenvalue weighted by Gasteiger charge is 2.38. The summed E-state index contributed by atoms with van der Waals surface area (Å²) in [5, 5.41) is 0.572. The number of anilines is 1. The quantitative estimate of drug-likeness (QED) is 0.468. The van der Waals surface area contributed by atoms with Gasteiger partial charge in [-0.15, -0.1) is 0 Å². The van der Waals surface area contributed by atoms with Crippen LogP contribution in [0, 0.1) is 0 Å². The van der Waals surface area contributed by atoms with Crippen LogP contribution in [0.3, 0.4) is 0 Å². The van der Waals surface area contributed by atoms with Gasteiger partial charge in [-0.25, -0.2) is 4.79 Å². The monoisotopic (exact) mass is 445 g/mol. The Balaban J connectivity index is 2.11. The minimum Gasteiger partial charge on any atom is -0.462 e. The van der Waals surface area contributed by atoms with E-state index in [0.717, 1.165) is 10.0 Å². The van der Waals surface area contributed by atoms with E-state index in [1.54, 1.807) is 44.2 Å². The molecular formula is C21H17BrClNO3. The topological polar surface area (TPSA) is 46.6 Å². The zero-order valence-corrected chi connectivity index (χ0v) is 17.2. The molecule has 0 saturated carbocycles. The average Bonchev–Trinajstić information content (AvgIpc) is 2.88. The van der Waals surface area contributed by atoms with Crippen molar-refractivity contribution in [1.82, 2.24) is 0 Å². The number of ether oxygens (including phenoxy) is 1. The van der Waals surface area contributed by atoms with Gasteiger partial charge in [-0.05, 0) is 61.9 Å².